The Hall–Kier alpha value is -1.35. The molecule has 1 saturated carbocycles. The second-order valence-electron chi connectivity index (χ2n) is 6.78. The van der Waals surface area contributed by atoms with Crippen molar-refractivity contribution in [2.24, 2.45) is 11.8 Å². The van der Waals surface area contributed by atoms with Gasteiger partial charge in [-0.25, -0.2) is 0 Å². The highest BCUT2D eigenvalue weighted by atomic mass is 16.4. The summed E-state index contributed by atoms with van der Waals surface area (Å²) in [5.41, 5.74) is 0.362. The van der Waals surface area contributed by atoms with Crippen LogP contribution in [0.5, 0.6) is 0 Å². The van der Waals surface area contributed by atoms with Crippen molar-refractivity contribution in [1.29, 1.82) is 0 Å². The molecule has 2 unspecified atom stereocenters. The molecular formula is C18H25NO2. The fraction of sp³-hybridized carbons (Fsp3) is 0.611. The third-order valence-electron chi connectivity index (χ3n) is 5.72. The monoisotopic (exact) mass is 287 g/mol. The number of carboxylic acid groups (broad SMARTS) is 1. The van der Waals surface area contributed by atoms with Gasteiger partial charge in [-0.2, -0.15) is 0 Å². The minimum atomic E-state index is -0.651. The average molecular weight is 287 g/mol. The van der Waals surface area contributed by atoms with E-state index in [1.807, 2.05) is 30.3 Å². The number of hydrogen-bond acceptors (Lipinski definition) is 2. The van der Waals surface area contributed by atoms with Gasteiger partial charge in [-0.05, 0) is 63.2 Å². The van der Waals surface area contributed by atoms with Crippen LogP contribution in [0.3, 0.4) is 0 Å². The van der Waals surface area contributed by atoms with Crippen LogP contribution < -0.4 is 0 Å². The normalized spacial score (nSPS) is 31.4. The van der Waals surface area contributed by atoms with Crippen molar-refractivity contribution in [1.82, 2.24) is 4.90 Å². The zero-order valence-electron chi connectivity index (χ0n) is 12.8. The van der Waals surface area contributed by atoms with Gasteiger partial charge < -0.3 is 10.0 Å². The second-order valence-corrected chi connectivity index (χ2v) is 6.78. The van der Waals surface area contributed by atoms with Crippen LogP contribution in [0.4, 0.5) is 0 Å². The predicted octanol–water partition coefficient (Wildman–Crippen LogP) is 3.15. The molecule has 0 aromatic heterocycles. The first-order valence-electron chi connectivity index (χ1n) is 8.12. The molecule has 0 spiro atoms. The zero-order valence-corrected chi connectivity index (χ0v) is 12.8. The van der Waals surface area contributed by atoms with Gasteiger partial charge in [0.05, 0.1) is 5.41 Å². The van der Waals surface area contributed by atoms with E-state index in [2.05, 4.69) is 11.9 Å². The van der Waals surface area contributed by atoms with Gasteiger partial charge in [-0.15, -0.1) is 0 Å². The van der Waals surface area contributed by atoms with Crippen LogP contribution in [-0.4, -0.2) is 36.1 Å². The SMILES string of the molecule is CN1CCC(C2CCCC2(C(=O)O)c2ccccc2)CC1. The van der Waals surface area contributed by atoms with E-state index in [9.17, 15) is 9.90 Å². The van der Waals surface area contributed by atoms with Crippen molar-refractivity contribution < 1.29 is 9.90 Å². The summed E-state index contributed by atoms with van der Waals surface area (Å²) in [4.78, 5) is 14.6. The molecule has 3 rings (SSSR count). The zero-order chi connectivity index (χ0) is 14.9. The molecule has 1 saturated heterocycles. The molecule has 2 fully saturated rings. The molecule has 1 aliphatic heterocycles. The first-order chi connectivity index (χ1) is 10.1. The van der Waals surface area contributed by atoms with E-state index in [0.29, 0.717) is 11.8 Å². The molecule has 3 heteroatoms. The number of hydrogen-bond donors (Lipinski definition) is 1. The lowest BCUT2D eigenvalue weighted by molar-refractivity contribution is -0.146. The minimum absolute atomic E-state index is 0.297. The number of likely N-dealkylation sites (tertiary alicyclic amines) is 1. The highest BCUT2D eigenvalue weighted by Crippen LogP contribution is 2.51. The summed E-state index contributed by atoms with van der Waals surface area (Å²) in [6.07, 6.45) is 5.18. The second kappa shape index (κ2) is 5.80. The van der Waals surface area contributed by atoms with Crippen LogP contribution in [0.1, 0.15) is 37.7 Å². The van der Waals surface area contributed by atoms with Crippen molar-refractivity contribution in [3.63, 3.8) is 0 Å². The van der Waals surface area contributed by atoms with E-state index < -0.39 is 11.4 Å². The van der Waals surface area contributed by atoms with Crippen molar-refractivity contribution in [3.05, 3.63) is 35.9 Å². The topological polar surface area (TPSA) is 40.5 Å². The molecule has 2 aliphatic rings. The number of carbonyl (C=O) groups is 1. The Balaban J connectivity index is 1.93. The van der Waals surface area contributed by atoms with Gasteiger partial charge in [-0.1, -0.05) is 36.8 Å². The Morgan fingerprint density at radius 3 is 2.48 bits per heavy atom. The van der Waals surface area contributed by atoms with Gasteiger partial charge in [0.2, 0.25) is 0 Å². The smallest absolute Gasteiger partial charge is 0.314 e. The van der Waals surface area contributed by atoms with Crippen molar-refractivity contribution in [3.8, 4) is 0 Å². The summed E-state index contributed by atoms with van der Waals surface area (Å²) in [5, 5.41) is 10.1. The molecule has 0 amide bonds. The van der Waals surface area contributed by atoms with Crippen LogP contribution in [0.25, 0.3) is 0 Å². The molecule has 0 bridgehead atoms. The lowest BCUT2D eigenvalue weighted by atomic mass is 9.65. The quantitative estimate of drug-likeness (QED) is 0.928. The first kappa shape index (κ1) is 14.6. The molecule has 1 aliphatic carbocycles. The minimum Gasteiger partial charge on any atom is -0.481 e. The molecule has 114 valence electrons. The summed E-state index contributed by atoms with van der Waals surface area (Å²) in [5.74, 6) is 0.237. The molecule has 2 atom stereocenters. The van der Waals surface area contributed by atoms with E-state index >= 15 is 0 Å². The van der Waals surface area contributed by atoms with Crippen LogP contribution in [0.15, 0.2) is 30.3 Å². The fourth-order valence-corrected chi connectivity index (χ4v) is 4.58. The molecular weight excluding hydrogens is 262 g/mol. The Kier molecular flexibility index (Phi) is 4.03. The summed E-state index contributed by atoms with van der Waals surface area (Å²) < 4.78 is 0. The maximum atomic E-state index is 12.2. The summed E-state index contributed by atoms with van der Waals surface area (Å²) in [6, 6.07) is 9.95. The maximum Gasteiger partial charge on any atom is 0.314 e. The van der Waals surface area contributed by atoms with Gasteiger partial charge >= 0.3 is 5.97 Å². The number of nitrogens with zero attached hydrogens (tertiary/aromatic N) is 1. The first-order valence-corrected chi connectivity index (χ1v) is 8.12. The molecule has 21 heavy (non-hydrogen) atoms. The fourth-order valence-electron chi connectivity index (χ4n) is 4.58. The van der Waals surface area contributed by atoms with Gasteiger partial charge in [0, 0.05) is 0 Å². The average Bonchev–Trinajstić information content (AvgIpc) is 2.95. The Morgan fingerprint density at radius 2 is 1.86 bits per heavy atom. The van der Waals surface area contributed by atoms with Crippen molar-refractivity contribution in [2.45, 2.75) is 37.5 Å². The third kappa shape index (κ3) is 2.48. The van der Waals surface area contributed by atoms with Crippen molar-refractivity contribution in [2.75, 3.05) is 20.1 Å². The van der Waals surface area contributed by atoms with Crippen LogP contribution in [-0.2, 0) is 10.2 Å². The van der Waals surface area contributed by atoms with Gasteiger partial charge in [-0.3, -0.25) is 4.79 Å². The molecule has 1 heterocycles. The third-order valence-corrected chi connectivity index (χ3v) is 5.72. The standard InChI is InChI=1S/C18H25NO2/c1-19-12-9-14(10-13-19)16-8-5-11-18(16,17(20)21)15-6-3-2-4-7-15/h2-4,6-7,14,16H,5,8-13H2,1H3,(H,20,21). The molecule has 1 N–H and O–H groups in total. The largest absolute Gasteiger partial charge is 0.481 e. The Labute approximate surface area is 127 Å². The van der Waals surface area contributed by atoms with Crippen LogP contribution in [0.2, 0.25) is 0 Å². The number of piperidine rings is 1. The molecule has 1 aromatic rings. The maximum absolute atomic E-state index is 12.2. The Bertz CT molecular complexity index is 493. The van der Waals surface area contributed by atoms with Gasteiger partial charge in [0.1, 0.15) is 0 Å². The van der Waals surface area contributed by atoms with Gasteiger partial charge in [0.15, 0.2) is 0 Å². The van der Waals surface area contributed by atoms with E-state index in [1.165, 1.54) is 0 Å². The number of carboxylic acids is 1. The van der Waals surface area contributed by atoms with Gasteiger partial charge in [0.25, 0.3) is 0 Å². The molecule has 0 radical (unpaired) electrons. The van der Waals surface area contributed by atoms with E-state index in [1.54, 1.807) is 0 Å². The molecule has 1 aromatic carbocycles. The van der Waals surface area contributed by atoms with E-state index in [0.717, 1.165) is 50.8 Å². The lowest BCUT2D eigenvalue weighted by Crippen LogP contribution is -2.45. The van der Waals surface area contributed by atoms with Crippen LogP contribution >= 0.6 is 0 Å². The number of benzene rings is 1. The van der Waals surface area contributed by atoms with E-state index in [4.69, 9.17) is 0 Å². The summed E-state index contributed by atoms with van der Waals surface area (Å²) in [6.45, 7) is 2.21. The highest BCUT2D eigenvalue weighted by molar-refractivity contribution is 5.82. The summed E-state index contributed by atoms with van der Waals surface area (Å²) >= 11 is 0. The Morgan fingerprint density at radius 1 is 1.19 bits per heavy atom. The lowest BCUT2D eigenvalue weighted by Gasteiger charge is -2.40. The summed E-state index contributed by atoms with van der Waals surface area (Å²) in [7, 11) is 2.16. The molecule has 3 nitrogen and oxygen atoms in total. The number of aliphatic carboxylic acids is 1. The predicted molar refractivity (Wildman–Crippen MR) is 83.3 cm³/mol. The van der Waals surface area contributed by atoms with E-state index in [-0.39, 0.29) is 0 Å². The van der Waals surface area contributed by atoms with Crippen LogP contribution in [0, 0.1) is 11.8 Å². The highest BCUT2D eigenvalue weighted by Gasteiger charge is 2.53. The number of rotatable bonds is 3. The van der Waals surface area contributed by atoms with Crippen molar-refractivity contribution >= 4 is 5.97 Å².